The van der Waals surface area contributed by atoms with Gasteiger partial charge in [0.25, 0.3) is 11.8 Å². The van der Waals surface area contributed by atoms with Crippen LogP contribution in [0.2, 0.25) is 0 Å². The molecule has 1 atom stereocenters. The van der Waals surface area contributed by atoms with Crippen molar-refractivity contribution in [2.75, 3.05) is 12.8 Å². The molecule has 1 aromatic rings. The van der Waals surface area contributed by atoms with Crippen molar-refractivity contribution in [3.05, 3.63) is 29.3 Å². The number of hydrogen-bond acceptors (Lipinski definition) is 5. The fraction of sp³-hybridized carbons (Fsp3) is 0.333. The average Bonchev–Trinajstić information content (AvgIpc) is 2.50. The molecule has 4 amide bonds. The lowest BCUT2D eigenvalue weighted by Gasteiger charge is -2.32. The topological polar surface area (TPSA) is 101 Å². The predicted octanol–water partition coefficient (Wildman–Crippen LogP) is 0.323. The zero-order valence-electron chi connectivity index (χ0n) is 12.4. The highest BCUT2D eigenvalue weighted by Gasteiger charge is 2.38. The van der Waals surface area contributed by atoms with E-state index in [2.05, 4.69) is 0 Å². The molecule has 0 aromatic heterocycles. The van der Waals surface area contributed by atoms with Crippen LogP contribution in [0, 0.1) is 6.92 Å². The lowest BCUT2D eigenvalue weighted by molar-refractivity contribution is -0.151. The highest BCUT2D eigenvalue weighted by molar-refractivity contribution is 6.07. The van der Waals surface area contributed by atoms with E-state index in [1.807, 2.05) is 0 Å². The number of nitrogens with two attached hydrogens (primary N) is 1. The number of benzene rings is 1. The Morgan fingerprint density at radius 2 is 2.09 bits per heavy atom. The quantitative estimate of drug-likeness (QED) is 0.492. The van der Waals surface area contributed by atoms with Gasteiger partial charge in [0.2, 0.25) is 12.3 Å². The van der Waals surface area contributed by atoms with Crippen molar-refractivity contribution in [1.82, 2.24) is 9.80 Å². The number of nitrogen functional groups attached to an aromatic ring is 1. The molecule has 1 fully saturated rings. The minimum Gasteiger partial charge on any atom is -0.398 e. The number of carbonyl (C=O) groups excluding carboxylic acids is 4. The van der Waals surface area contributed by atoms with Gasteiger partial charge in [-0.3, -0.25) is 29.0 Å². The molecule has 0 saturated carbocycles. The maximum Gasteiger partial charge on any atom is 0.261 e. The van der Waals surface area contributed by atoms with E-state index in [9.17, 15) is 19.2 Å². The summed E-state index contributed by atoms with van der Waals surface area (Å²) in [6.07, 6.45) is 0.575. The first-order valence-corrected chi connectivity index (χ1v) is 6.82. The van der Waals surface area contributed by atoms with E-state index in [0.717, 1.165) is 9.80 Å². The molecule has 1 aromatic carbocycles. The van der Waals surface area contributed by atoms with Gasteiger partial charge in [-0.05, 0) is 31.0 Å². The van der Waals surface area contributed by atoms with Crippen molar-refractivity contribution in [3.63, 3.8) is 0 Å². The van der Waals surface area contributed by atoms with E-state index >= 15 is 0 Å². The van der Waals surface area contributed by atoms with Gasteiger partial charge in [0.1, 0.15) is 6.04 Å². The molecule has 7 nitrogen and oxygen atoms in total. The number of carbonyl (C=O) groups is 4. The van der Waals surface area contributed by atoms with Crippen molar-refractivity contribution in [3.8, 4) is 0 Å². The van der Waals surface area contributed by atoms with Crippen LogP contribution in [-0.2, 0) is 14.4 Å². The van der Waals surface area contributed by atoms with Gasteiger partial charge >= 0.3 is 0 Å². The molecule has 1 saturated heterocycles. The smallest absolute Gasteiger partial charge is 0.261 e. The van der Waals surface area contributed by atoms with Crippen LogP contribution >= 0.6 is 0 Å². The first-order chi connectivity index (χ1) is 10.4. The molecule has 22 heavy (non-hydrogen) atoms. The molecule has 0 bridgehead atoms. The SMILES string of the molecule is Cc1c(N)cccc1C(=O)N(C=O)C1CCC(=O)N(C)C1=O. The number of piperidine rings is 1. The molecule has 2 rings (SSSR count). The highest BCUT2D eigenvalue weighted by Crippen LogP contribution is 2.22. The second-order valence-electron chi connectivity index (χ2n) is 5.18. The molecule has 7 heteroatoms. The fourth-order valence-electron chi connectivity index (χ4n) is 2.44. The normalized spacial score (nSPS) is 18.3. The molecule has 2 N–H and O–H groups in total. The van der Waals surface area contributed by atoms with Gasteiger partial charge in [-0.25, -0.2) is 0 Å². The van der Waals surface area contributed by atoms with Crippen molar-refractivity contribution in [2.45, 2.75) is 25.8 Å². The maximum absolute atomic E-state index is 12.6. The zero-order valence-corrected chi connectivity index (χ0v) is 12.4. The van der Waals surface area contributed by atoms with Gasteiger partial charge in [-0.1, -0.05) is 6.07 Å². The highest BCUT2D eigenvalue weighted by atomic mass is 16.2. The summed E-state index contributed by atoms with van der Waals surface area (Å²) in [6, 6.07) is 3.84. The predicted molar refractivity (Wildman–Crippen MR) is 78.6 cm³/mol. The third-order valence-electron chi connectivity index (χ3n) is 3.91. The van der Waals surface area contributed by atoms with Crippen LogP contribution in [0.3, 0.4) is 0 Å². The van der Waals surface area contributed by atoms with Crippen molar-refractivity contribution in [1.29, 1.82) is 0 Å². The van der Waals surface area contributed by atoms with E-state index in [4.69, 9.17) is 5.73 Å². The van der Waals surface area contributed by atoms with E-state index < -0.39 is 17.9 Å². The monoisotopic (exact) mass is 303 g/mol. The molecule has 1 aliphatic rings. The van der Waals surface area contributed by atoms with Gasteiger partial charge in [-0.15, -0.1) is 0 Å². The minimum absolute atomic E-state index is 0.112. The van der Waals surface area contributed by atoms with Crippen LogP contribution in [0.15, 0.2) is 18.2 Å². The summed E-state index contributed by atoms with van der Waals surface area (Å²) in [7, 11) is 1.34. The summed E-state index contributed by atoms with van der Waals surface area (Å²) in [5.41, 5.74) is 7.01. The number of hydrogen-bond donors (Lipinski definition) is 1. The number of likely N-dealkylation sites (tertiary alicyclic amines) is 1. The minimum atomic E-state index is -0.964. The maximum atomic E-state index is 12.6. The molecule has 1 aliphatic heterocycles. The van der Waals surface area contributed by atoms with Crippen LogP contribution in [0.5, 0.6) is 0 Å². The molecule has 0 radical (unpaired) electrons. The Bertz CT molecular complexity index is 656. The summed E-state index contributed by atoms with van der Waals surface area (Å²) in [4.78, 5) is 49.4. The summed E-state index contributed by atoms with van der Waals surface area (Å²) in [5, 5.41) is 0. The van der Waals surface area contributed by atoms with E-state index in [1.54, 1.807) is 25.1 Å². The number of likely N-dealkylation sites (N-methyl/N-ethyl adjacent to an activating group) is 1. The second kappa shape index (κ2) is 5.97. The first kappa shape index (κ1) is 15.7. The van der Waals surface area contributed by atoms with Gasteiger partial charge in [0.05, 0.1) is 0 Å². The van der Waals surface area contributed by atoms with Crippen molar-refractivity contribution < 1.29 is 19.2 Å². The molecular weight excluding hydrogens is 286 g/mol. The molecule has 1 heterocycles. The van der Waals surface area contributed by atoms with Gasteiger partial charge in [0, 0.05) is 24.7 Å². The van der Waals surface area contributed by atoms with Crippen molar-refractivity contribution in [2.24, 2.45) is 0 Å². The van der Waals surface area contributed by atoms with Gasteiger partial charge < -0.3 is 5.73 Å². The number of amides is 4. The van der Waals surface area contributed by atoms with Gasteiger partial charge in [0.15, 0.2) is 0 Å². The summed E-state index contributed by atoms with van der Waals surface area (Å²) >= 11 is 0. The third kappa shape index (κ3) is 2.57. The number of nitrogens with zero attached hydrogens (tertiary/aromatic N) is 2. The Hall–Kier alpha value is -2.70. The Kier molecular flexibility index (Phi) is 4.25. The largest absolute Gasteiger partial charge is 0.398 e. The Labute approximate surface area is 127 Å². The number of imide groups is 2. The van der Waals surface area contributed by atoms with Crippen LogP contribution in [-0.4, -0.2) is 47.0 Å². The van der Waals surface area contributed by atoms with Crippen LogP contribution in [0.25, 0.3) is 0 Å². The molecular formula is C15H17N3O4. The average molecular weight is 303 g/mol. The zero-order chi connectivity index (χ0) is 16.4. The lowest BCUT2D eigenvalue weighted by Crippen LogP contribution is -2.54. The van der Waals surface area contributed by atoms with E-state index in [1.165, 1.54) is 7.05 Å². The van der Waals surface area contributed by atoms with Gasteiger partial charge in [-0.2, -0.15) is 0 Å². The first-order valence-electron chi connectivity index (χ1n) is 6.82. The second-order valence-corrected chi connectivity index (χ2v) is 5.18. The molecule has 1 unspecified atom stereocenters. The van der Waals surface area contributed by atoms with E-state index in [-0.39, 0.29) is 24.3 Å². The molecule has 116 valence electrons. The number of anilines is 1. The Balaban J connectivity index is 2.34. The lowest BCUT2D eigenvalue weighted by atomic mass is 10.0. The third-order valence-corrected chi connectivity index (χ3v) is 3.91. The Morgan fingerprint density at radius 3 is 2.73 bits per heavy atom. The van der Waals surface area contributed by atoms with Crippen LogP contribution in [0.4, 0.5) is 5.69 Å². The Morgan fingerprint density at radius 1 is 1.41 bits per heavy atom. The van der Waals surface area contributed by atoms with Crippen LogP contribution < -0.4 is 5.73 Å². The summed E-state index contributed by atoms with van der Waals surface area (Å²) in [6.45, 7) is 1.67. The summed E-state index contributed by atoms with van der Waals surface area (Å²) in [5.74, 6) is -1.47. The summed E-state index contributed by atoms with van der Waals surface area (Å²) < 4.78 is 0. The standard InChI is InChI=1S/C15H17N3O4/c1-9-10(4-3-5-11(9)16)14(21)18(8-19)12-6-7-13(20)17(2)15(12)22/h3-5,8,12H,6-7,16H2,1-2H3. The fourth-order valence-corrected chi connectivity index (χ4v) is 2.44. The molecule has 0 spiro atoms. The number of rotatable bonds is 3. The van der Waals surface area contributed by atoms with E-state index in [0.29, 0.717) is 17.7 Å². The molecule has 0 aliphatic carbocycles. The van der Waals surface area contributed by atoms with Crippen molar-refractivity contribution >= 4 is 29.8 Å². The van der Waals surface area contributed by atoms with Crippen LogP contribution in [0.1, 0.15) is 28.8 Å².